The fourth-order valence-corrected chi connectivity index (χ4v) is 2.65. The van der Waals surface area contributed by atoms with Crippen LogP contribution >= 0.6 is 0 Å². The maximum Gasteiger partial charge on any atom is 0.239 e. The summed E-state index contributed by atoms with van der Waals surface area (Å²) in [6, 6.07) is 14.9. The predicted octanol–water partition coefficient (Wildman–Crippen LogP) is 5.37. The first kappa shape index (κ1) is 22.5. The fraction of sp³-hybridized carbons (Fsp3) is 0.417. The van der Waals surface area contributed by atoms with E-state index in [1.165, 1.54) is 5.56 Å². The van der Waals surface area contributed by atoms with Crippen LogP contribution in [0.2, 0.25) is 0 Å². The van der Waals surface area contributed by atoms with Crippen LogP contribution in [-0.2, 0) is 15.0 Å². The summed E-state index contributed by atoms with van der Waals surface area (Å²) in [6.07, 6.45) is -0.0274. The third-order valence-electron chi connectivity index (χ3n) is 4.64. The normalized spacial score (nSPS) is 11.9. The molecule has 0 unspecified atom stereocenters. The first-order valence-electron chi connectivity index (χ1n) is 9.90. The standard InChI is InChI=1S/C24H32N2O3/c1-16(2)29-20-11-9-8-10-19(20)26-22(28)24(6,7)21(27)25-18-14-12-17(13-15-18)23(3,4)5/h8-16H,1-7H3,(H,25,27)(H,26,28). The number of ether oxygens (including phenoxy) is 1. The van der Waals surface area contributed by atoms with Crippen LogP contribution in [0, 0.1) is 5.41 Å². The number of para-hydroxylation sites is 2. The molecule has 0 saturated heterocycles. The number of rotatable bonds is 6. The van der Waals surface area contributed by atoms with Crippen molar-refractivity contribution in [3.8, 4) is 5.75 Å². The second-order valence-electron chi connectivity index (χ2n) is 9.02. The minimum atomic E-state index is -1.27. The summed E-state index contributed by atoms with van der Waals surface area (Å²) in [5.74, 6) is -0.202. The average Bonchev–Trinajstić information content (AvgIpc) is 2.62. The summed E-state index contributed by atoms with van der Waals surface area (Å²) in [4.78, 5) is 25.7. The first-order chi connectivity index (χ1) is 13.4. The van der Waals surface area contributed by atoms with Crippen molar-refractivity contribution < 1.29 is 14.3 Å². The molecule has 0 aliphatic rings. The molecular formula is C24H32N2O3. The monoisotopic (exact) mass is 396 g/mol. The van der Waals surface area contributed by atoms with Crippen molar-refractivity contribution in [1.82, 2.24) is 0 Å². The van der Waals surface area contributed by atoms with E-state index >= 15 is 0 Å². The molecule has 0 aliphatic heterocycles. The molecule has 156 valence electrons. The lowest BCUT2D eigenvalue weighted by Crippen LogP contribution is -2.41. The Hall–Kier alpha value is -2.82. The van der Waals surface area contributed by atoms with Gasteiger partial charge in [0, 0.05) is 5.69 Å². The Labute approximate surface area is 173 Å². The molecule has 0 bridgehead atoms. The number of amides is 2. The van der Waals surface area contributed by atoms with Gasteiger partial charge in [0.1, 0.15) is 11.2 Å². The number of benzene rings is 2. The first-order valence-corrected chi connectivity index (χ1v) is 9.90. The van der Waals surface area contributed by atoms with Gasteiger partial charge in [-0.15, -0.1) is 0 Å². The number of nitrogens with one attached hydrogen (secondary N) is 2. The van der Waals surface area contributed by atoms with Crippen LogP contribution < -0.4 is 15.4 Å². The maximum absolute atomic E-state index is 12.9. The minimum absolute atomic E-state index is 0.0274. The Bertz CT molecular complexity index is 862. The van der Waals surface area contributed by atoms with Crippen LogP contribution in [0.5, 0.6) is 5.75 Å². The van der Waals surface area contributed by atoms with Gasteiger partial charge in [0.15, 0.2) is 0 Å². The van der Waals surface area contributed by atoms with Gasteiger partial charge in [0.25, 0.3) is 0 Å². The molecule has 0 heterocycles. The van der Waals surface area contributed by atoms with Crippen molar-refractivity contribution in [1.29, 1.82) is 0 Å². The number of hydrogen-bond donors (Lipinski definition) is 2. The van der Waals surface area contributed by atoms with E-state index in [0.29, 0.717) is 17.1 Å². The van der Waals surface area contributed by atoms with E-state index in [-0.39, 0.29) is 17.4 Å². The van der Waals surface area contributed by atoms with Gasteiger partial charge >= 0.3 is 0 Å². The highest BCUT2D eigenvalue weighted by Crippen LogP contribution is 2.29. The third-order valence-corrected chi connectivity index (χ3v) is 4.64. The van der Waals surface area contributed by atoms with E-state index in [9.17, 15) is 9.59 Å². The SMILES string of the molecule is CC(C)Oc1ccccc1NC(=O)C(C)(C)C(=O)Nc1ccc(C(C)(C)C)cc1. The van der Waals surface area contributed by atoms with Crippen molar-refractivity contribution in [2.45, 2.75) is 60.0 Å². The Kier molecular flexibility index (Phi) is 6.73. The molecule has 2 amide bonds. The molecule has 0 atom stereocenters. The summed E-state index contributed by atoms with van der Waals surface area (Å²) < 4.78 is 5.74. The van der Waals surface area contributed by atoms with Crippen molar-refractivity contribution >= 4 is 23.2 Å². The van der Waals surface area contributed by atoms with Gasteiger partial charge in [0.2, 0.25) is 11.8 Å². The summed E-state index contributed by atoms with van der Waals surface area (Å²) in [7, 11) is 0. The molecule has 0 aliphatic carbocycles. The van der Waals surface area contributed by atoms with Gasteiger partial charge in [-0.05, 0) is 62.9 Å². The zero-order valence-corrected chi connectivity index (χ0v) is 18.4. The number of anilines is 2. The van der Waals surface area contributed by atoms with Gasteiger partial charge in [-0.2, -0.15) is 0 Å². The molecule has 29 heavy (non-hydrogen) atoms. The minimum Gasteiger partial charge on any atom is -0.489 e. The van der Waals surface area contributed by atoms with Crippen molar-refractivity contribution in [2.24, 2.45) is 5.41 Å². The van der Waals surface area contributed by atoms with Crippen molar-refractivity contribution in [3.63, 3.8) is 0 Å². The Morgan fingerprint density at radius 3 is 1.93 bits per heavy atom. The molecule has 0 aromatic heterocycles. The fourth-order valence-electron chi connectivity index (χ4n) is 2.65. The smallest absolute Gasteiger partial charge is 0.239 e. The lowest BCUT2D eigenvalue weighted by Gasteiger charge is -2.24. The molecule has 2 rings (SSSR count). The van der Waals surface area contributed by atoms with E-state index in [2.05, 4.69) is 31.4 Å². The number of carbonyl (C=O) groups excluding carboxylic acids is 2. The zero-order chi connectivity index (χ0) is 21.8. The highest BCUT2D eigenvalue weighted by atomic mass is 16.5. The molecule has 0 fully saturated rings. The van der Waals surface area contributed by atoms with E-state index in [1.54, 1.807) is 26.0 Å². The van der Waals surface area contributed by atoms with Gasteiger partial charge < -0.3 is 15.4 Å². The average molecular weight is 397 g/mol. The second kappa shape index (κ2) is 8.68. The molecular weight excluding hydrogens is 364 g/mol. The van der Waals surface area contributed by atoms with Crippen LogP contribution in [0.25, 0.3) is 0 Å². The lowest BCUT2D eigenvalue weighted by atomic mass is 9.87. The van der Waals surface area contributed by atoms with Crippen molar-refractivity contribution in [2.75, 3.05) is 10.6 Å². The molecule has 0 saturated carbocycles. The molecule has 5 heteroatoms. The molecule has 2 aromatic rings. The number of hydrogen-bond acceptors (Lipinski definition) is 3. The lowest BCUT2D eigenvalue weighted by molar-refractivity contribution is -0.135. The Morgan fingerprint density at radius 1 is 0.828 bits per heavy atom. The Morgan fingerprint density at radius 2 is 1.38 bits per heavy atom. The largest absolute Gasteiger partial charge is 0.489 e. The highest BCUT2D eigenvalue weighted by Gasteiger charge is 2.36. The van der Waals surface area contributed by atoms with Crippen LogP contribution in [0.3, 0.4) is 0 Å². The zero-order valence-electron chi connectivity index (χ0n) is 18.4. The molecule has 5 nitrogen and oxygen atoms in total. The molecule has 0 radical (unpaired) electrons. The molecule has 0 spiro atoms. The number of carbonyl (C=O) groups is 2. The van der Waals surface area contributed by atoms with Gasteiger partial charge in [0.05, 0.1) is 11.8 Å². The third kappa shape index (κ3) is 5.83. The Balaban J connectivity index is 2.11. The van der Waals surface area contributed by atoms with Crippen LogP contribution in [0.4, 0.5) is 11.4 Å². The summed E-state index contributed by atoms with van der Waals surface area (Å²) in [5.41, 5.74) is 1.14. The van der Waals surface area contributed by atoms with Crippen molar-refractivity contribution in [3.05, 3.63) is 54.1 Å². The summed E-state index contributed by atoms with van der Waals surface area (Å²) >= 11 is 0. The molecule has 2 aromatic carbocycles. The quantitative estimate of drug-likeness (QED) is 0.645. The van der Waals surface area contributed by atoms with Crippen LogP contribution in [0.1, 0.15) is 54.0 Å². The van der Waals surface area contributed by atoms with Crippen LogP contribution in [0.15, 0.2) is 48.5 Å². The molecule has 2 N–H and O–H groups in total. The highest BCUT2D eigenvalue weighted by molar-refractivity contribution is 6.14. The second-order valence-corrected chi connectivity index (χ2v) is 9.02. The van der Waals surface area contributed by atoms with E-state index < -0.39 is 11.3 Å². The predicted molar refractivity (Wildman–Crippen MR) is 118 cm³/mol. The van der Waals surface area contributed by atoms with Gasteiger partial charge in [-0.25, -0.2) is 0 Å². The summed E-state index contributed by atoms with van der Waals surface area (Å²) in [5, 5.41) is 5.67. The maximum atomic E-state index is 12.9. The van der Waals surface area contributed by atoms with E-state index in [4.69, 9.17) is 4.74 Å². The van der Waals surface area contributed by atoms with E-state index in [0.717, 1.165) is 0 Å². The topological polar surface area (TPSA) is 67.4 Å². The van der Waals surface area contributed by atoms with Gasteiger partial charge in [-0.1, -0.05) is 45.0 Å². The van der Waals surface area contributed by atoms with E-state index in [1.807, 2.05) is 50.2 Å². The summed E-state index contributed by atoms with van der Waals surface area (Å²) in [6.45, 7) is 13.4. The van der Waals surface area contributed by atoms with Gasteiger partial charge in [-0.3, -0.25) is 9.59 Å². The van der Waals surface area contributed by atoms with Crippen LogP contribution in [-0.4, -0.2) is 17.9 Å².